The predicted octanol–water partition coefficient (Wildman–Crippen LogP) is 3.42. The van der Waals surface area contributed by atoms with Crippen molar-refractivity contribution in [3.63, 3.8) is 0 Å². The van der Waals surface area contributed by atoms with E-state index in [0.717, 1.165) is 24.0 Å². The lowest BCUT2D eigenvalue weighted by Gasteiger charge is -2.37. The molecule has 2 rings (SSSR count). The van der Waals surface area contributed by atoms with E-state index >= 15 is 0 Å². The van der Waals surface area contributed by atoms with Crippen molar-refractivity contribution >= 4 is 0 Å². The Bertz CT molecular complexity index is 229. The third-order valence-electron chi connectivity index (χ3n) is 4.53. The summed E-state index contributed by atoms with van der Waals surface area (Å²) in [5.41, 5.74) is 0. The minimum absolute atomic E-state index is 0.760. The minimum Gasteiger partial charge on any atom is -0.312 e. The van der Waals surface area contributed by atoms with Crippen LogP contribution in [0.1, 0.15) is 65.7 Å². The molecule has 2 fully saturated rings. The van der Waals surface area contributed by atoms with Crippen LogP contribution in [0.3, 0.4) is 0 Å². The summed E-state index contributed by atoms with van der Waals surface area (Å²) in [6, 6.07) is 2.48. The molecule has 0 aromatic heterocycles. The first-order valence-electron chi connectivity index (χ1n) is 8.19. The van der Waals surface area contributed by atoms with E-state index in [1.165, 1.54) is 58.0 Å². The Morgan fingerprint density at radius 2 is 1.78 bits per heavy atom. The Kier molecular flexibility index (Phi) is 5.50. The molecule has 106 valence electrons. The molecule has 0 aromatic carbocycles. The standard InChI is InChI=1S/C16H32N2/c1-4-15(11-17-14-9-10-14)18(12-13(2)3)16-7-5-6-8-16/h13-17H,4-12H2,1-3H3. The van der Waals surface area contributed by atoms with Gasteiger partial charge in [-0.15, -0.1) is 0 Å². The van der Waals surface area contributed by atoms with Gasteiger partial charge in [-0.2, -0.15) is 0 Å². The third kappa shape index (κ3) is 4.24. The molecule has 0 spiro atoms. The topological polar surface area (TPSA) is 15.3 Å². The van der Waals surface area contributed by atoms with E-state index in [1.807, 2.05) is 0 Å². The molecule has 1 atom stereocenters. The first-order chi connectivity index (χ1) is 8.70. The van der Waals surface area contributed by atoms with Crippen LogP contribution >= 0.6 is 0 Å². The molecule has 0 saturated heterocycles. The molecule has 18 heavy (non-hydrogen) atoms. The van der Waals surface area contributed by atoms with Crippen molar-refractivity contribution in [3.8, 4) is 0 Å². The average molecular weight is 252 g/mol. The van der Waals surface area contributed by atoms with Crippen LogP contribution in [0, 0.1) is 5.92 Å². The highest BCUT2D eigenvalue weighted by Gasteiger charge is 2.29. The van der Waals surface area contributed by atoms with E-state index < -0.39 is 0 Å². The number of hydrogen-bond acceptors (Lipinski definition) is 2. The SMILES string of the molecule is CCC(CNC1CC1)N(CC(C)C)C1CCCC1. The first kappa shape index (κ1) is 14.3. The number of nitrogens with one attached hydrogen (secondary N) is 1. The number of hydrogen-bond donors (Lipinski definition) is 1. The minimum atomic E-state index is 0.760. The van der Waals surface area contributed by atoms with Gasteiger partial charge in [0.2, 0.25) is 0 Å². The maximum Gasteiger partial charge on any atom is 0.0221 e. The second-order valence-corrected chi connectivity index (χ2v) is 6.77. The summed E-state index contributed by atoms with van der Waals surface area (Å²) in [7, 11) is 0. The summed E-state index contributed by atoms with van der Waals surface area (Å²) in [4.78, 5) is 2.84. The van der Waals surface area contributed by atoms with Gasteiger partial charge >= 0.3 is 0 Å². The third-order valence-corrected chi connectivity index (χ3v) is 4.53. The Morgan fingerprint density at radius 3 is 2.28 bits per heavy atom. The van der Waals surface area contributed by atoms with Gasteiger partial charge in [0, 0.05) is 31.2 Å². The first-order valence-corrected chi connectivity index (χ1v) is 8.19. The van der Waals surface area contributed by atoms with Gasteiger partial charge in [-0.25, -0.2) is 0 Å². The summed E-state index contributed by atoms with van der Waals surface area (Å²) in [5, 5.41) is 3.74. The van der Waals surface area contributed by atoms with E-state index in [2.05, 4.69) is 31.0 Å². The lowest BCUT2D eigenvalue weighted by molar-refractivity contribution is 0.112. The normalized spacial score (nSPS) is 23.2. The zero-order chi connectivity index (χ0) is 13.0. The molecule has 0 radical (unpaired) electrons. The lowest BCUT2D eigenvalue weighted by atomic mass is 10.0. The molecule has 0 amide bonds. The molecule has 2 saturated carbocycles. The number of nitrogens with zero attached hydrogens (tertiary/aromatic N) is 1. The van der Waals surface area contributed by atoms with Gasteiger partial charge in [0.1, 0.15) is 0 Å². The van der Waals surface area contributed by atoms with Gasteiger partial charge < -0.3 is 5.32 Å². The monoisotopic (exact) mass is 252 g/mol. The molecule has 0 bridgehead atoms. The zero-order valence-corrected chi connectivity index (χ0v) is 12.6. The van der Waals surface area contributed by atoms with Crippen molar-refractivity contribution in [3.05, 3.63) is 0 Å². The van der Waals surface area contributed by atoms with Gasteiger partial charge in [-0.05, 0) is 38.0 Å². The van der Waals surface area contributed by atoms with Gasteiger partial charge in [-0.3, -0.25) is 4.90 Å². The van der Waals surface area contributed by atoms with E-state index in [9.17, 15) is 0 Å². The molecule has 0 aromatic rings. The highest BCUT2D eigenvalue weighted by Crippen LogP contribution is 2.27. The zero-order valence-electron chi connectivity index (χ0n) is 12.6. The summed E-state index contributed by atoms with van der Waals surface area (Å²) >= 11 is 0. The summed E-state index contributed by atoms with van der Waals surface area (Å²) < 4.78 is 0. The fourth-order valence-electron chi connectivity index (χ4n) is 3.34. The second-order valence-electron chi connectivity index (χ2n) is 6.77. The molecule has 2 aliphatic rings. The highest BCUT2D eigenvalue weighted by atomic mass is 15.2. The van der Waals surface area contributed by atoms with E-state index in [0.29, 0.717) is 0 Å². The van der Waals surface area contributed by atoms with E-state index in [4.69, 9.17) is 0 Å². The summed E-state index contributed by atoms with van der Waals surface area (Å²) in [6.45, 7) is 9.59. The quantitative estimate of drug-likeness (QED) is 0.712. The lowest BCUT2D eigenvalue weighted by Crippen LogP contribution is -2.48. The Balaban J connectivity index is 1.89. The van der Waals surface area contributed by atoms with Crippen molar-refractivity contribution in [1.29, 1.82) is 0 Å². The van der Waals surface area contributed by atoms with Crippen LogP contribution < -0.4 is 5.32 Å². The Hall–Kier alpha value is -0.0800. The molecule has 2 nitrogen and oxygen atoms in total. The average Bonchev–Trinajstić information content (AvgIpc) is 3.01. The van der Waals surface area contributed by atoms with Crippen LogP contribution in [0.2, 0.25) is 0 Å². The number of rotatable bonds is 8. The van der Waals surface area contributed by atoms with Crippen molar-refractivity contribution in [1.82, 2.24) is 10.2 Å². The van der Waals surface area contributed by atoms with Crippen molar-refractivity contribution in [2.24, 2.45) is 5.92 Å². The van der Waals surface area contributed by atoms with Crippen LogP contribution in [0.15, 0.2) is 0 Å². The van der Waals surface area contributed by atoms with Crippen molar-refractivity contribution in [2.45, 2.75) is 83.8 Å². The van der Waals surface area contributed by atoms with Gasteiger partial charge in [0.05, 0.1) is 0 Å². The van der Waals surface area contributed by atoms with Crippen LogP contribution in [-0.2, 0) is 0 Å². The van der Waals surface area contributed by atoms with Gasteiger partial charge in [0.15, 0.2) is 0 Å². The maximum atomic E-state index is 3.74. The van der Waals surface area contributed by atoms with Gasteiger partial charge in [-0.1, -0.05) is 33.6 Å². The molecular weight excluding hydrogens is 220 g/mol. The fourth-order valence-corrected chi connectivity index (χ4v) is 3.34. The summed E-state index contributed by atoms with van der Waals surface area (Å²) in [6.07, 6.45) is 9.88. The van der Waals surface area contributed by atoms with Crippen LogP contribution in [0.4, 0.5) is 0 Å². The molecule has 2 aliphatic carbocycles. The molecule has 2 heteroatoms. The largest absolute Gasteiger partial charge is 0.312 e. The maximum absolute atomic E-state index is 3.74. The molecular formula is C16H32N2. The summed E-state index contributed by atoms with van der Waals surface area (Å²) in [5.74, 6) is 0.792. The van der Waals surface area contributed by atoms with E-state index in [1.54, 1.807) is 0 Å². The molecule has 1 unspecified atom stereocenters. The highest BCUT2D eigenvalue weighted by molar-refractivity contribution is 4.87. The molecule has 0 aliphatic heterocycles. The van der Waals surface area contributed by atoms with Crippen LogP contribution in [0.5, 0.6) is 0 Å². The predicted molar refractivity (Wildman–Crippen MR) is 78.9 cm³/mol. The van der Waals surface area contributed by atoms with Crippen molar-refractivity contribution in [2.75, 3.05) is 13.1 Å². The van der Waals surface area contributed by atoms with Crippen LogP contribution in [-0.4, -0.2) is 36.1 Å². The van der Waals surface area contributed by atoms with E-state index in [-0.39, 0.29) is 0 Å². The second kappa shape index (κ2) is 6.91. The Labute approximate surface area is 114 Å². The van der Waals surface area contributed by atoms with Crippen molar-refractivity contribution < 1.29 is 0 Å². The Morgan fingerprint density at radius 1 is 1.11 bits per heavy atom. The smallest absolute Gasteiger partial charge is 0.0221 e. The van der Waals surface area contributed by atoms with Gasteiger partial charge in [0.25, 0.3) is 0 Å². The fraction of sp³-hybridized carbons (Fsp3) is 1.00. The molecule has 1 N–H and O–H groups in total. The van der Waals surface area contributed by atoms with Crippen LogP contribution in [0.25, 0.3) is 0 Å². The molecule has 0 heterocycles.